The van der Waals surface area contributed by atoms with Crippen LogP contribution in [0.15, 0.2) is 57.2 Å². The van der Waals surface area contributed by atoms with Gasteiger partial charge < -0.3 is 5.32 Å². The number of sulfonamides is 1. The number of aryl methyl sites for hydroxylation is 1. The second-order valence-corrected chi connectivity index (χ2v) is 9.59. The van der Waals surface area contributed by atoms with Crippen molar-refractivity contribution in [3.05, 3.63) is 48.0 Å². The van der Waals surface area contributed by atoms with Crippen molar-refractivity contribution in [2.45, 2.75) is 21.6 Å². The van der Waals surface area contributed by atoms with Gasteiger partial charge in [0.1, 0.15) is 0 Å². The Labute approximate surface area is 147 Å². The third-order valence-corrected chi connectivity index (χ3v) is 7.20. The van der Waals surface area contributed by atoms with Crippen LogP contribution in [0, 0.1) is 6.92 Å². The van der Waals surface area contributed by atoms with Crippen LogP contribution < -0.4 is 5.32 Å². The number of amides is 1. The number of nitrogens with one attached hydrogen (secondary N) is 1. The summed E-state index contributed by atoms with van der Waals surface area (Å²) in [6.07, 6.45) is 0.301. The molecule has 0 atom stereocenters. The maximum atomic E-state index is 12.8. The molecule has 2 aromatic carbocycles. The van der Waals surface area contributed by atoms with Gasteiger partial charge >= 0.3 is 0 Å². The van der Waals surface area contributed by atoms with Crippen LogP contribution in [0.1, 0.15) is 5.56 Å². The number of anilines is 1. The van der Waals surface area contributed by atoms with Gasteiger partial charge in [0, 0.05) is 14.1 Å². The van der Waals surface area contributed by atoms with Crippen LogP contribution in [0.25, 0.3) is 0 Å². The fourth-order valence-electron chi connectivity index (χ4n) is 2.14. The maximum absolute atomic E-state index is 12.8. The van der Waals surface area contributed by atoms with E-state index in [2.05, 4.69) is 5.32 Å². The minimum Gasteiger partial charge on any atom is -0.328 e. The van der Waals surface area contributed by atoms with E-state index in [0.29, 0.717) is 6.41 Å². The van der Waals surface area contributed by atoms with Gasteiger partial charge in [-0.3, -0.25) is 4.79 Å². The van der Waals surface area contributed by atoms with Gasteiger partial charge in [0.15, 0.2) is 0 Å². The molecule has 1 N–H and O–H groups in total. The standard InChI is InChI=1S/C16H18N2O5S2/c1-12-4-6-13(7-5-12)24(20,21)16-9-8-14(10-15(16)17-11-19)25(22,23)18(2)3/h4-11H,1-3H3,(H,17,19). The summed E-state index contributed by atoms with van der Waals surface area (Å²) in [7, 11) is -4.97. The summed E-state index contributed by atoms with van der Waals surface area (Å²) in [6.45, 7) is 1.83. The van der Waals surface area contributed by atoms with Gasteiger partial charge in [-0.15, -0.1) is 0 Å². The van der Waals surface area contributed by atoms with E-state index in [1.54, 1.807) is 12.1 Å². The zero-order valence-electron chi connectivity index (χ0n) is 13.9. The Morgan fingerprint density at radius 3 is 2.00 bits per heavy atom. The van der Waals surface area contributed by atoms with E-state index in [4.69, 9.17) is 0 Å². The number of rotatable bonds is 6. The number of sulfone groups is 1. The molecule has 134 valence electrons. The van der Waals surface area contributed by atoms with Crippen molar-refractivity contribution in [3.63, 3.8) is 0 Å². The minimum atomic E-state index is -3.92. The highest BCUT2D eigenvalue weighted by atomic mass is 32.2. The number of nitrogens with zero attached hydrogens (tertiary/aromatic N) is 1. The lowest BCUT2D eigenvalue weighted by Crippen LogP contribution is -2.22. The van der Waals surface area contributed by atoms with Crippen LogP contribution in [0.5, 0.6) is 0 Å². The number of benzene rings is 2. The molecule has 0 radical (unpaired) electrons. The van der Waals surface area contributed by atoms with E-state index in [1.165, 1.54) is 38.4 Å². The normalized spacial score (nSPS) is 12.2. The molecule has 9 heteroatoms. The quantitative estimate of drug-likeness (QED) is 0.766. The second kappa shape index (κ2) is 6.95. The van der Waals surface area contributed by atoms with Gasteiger partial charge in [0.25, 0.3) is 0 Å². The average Bonchev–Trinajstić information content (AvgIpc) is 2.55. The first-order valence-electron chi connectivity index (χ1n) is 7.19. The minimum absolute atomic E-state index is 0.0512. The predicted molar refractivity (Wildman–Crippen MR) is 93.6 cm³/mol. The number of hydrogen-bond acceptors (Lipinski definition) is 5. The summed E-state index contributed by atoms with van der Waals surface area (Å²) in [6, 6.07) is 9.74. The molecule has 7 nitrogen and oxygen atoms in total. The van der Waals surface area contributed by atoms with Crippen molar-refractivity contribution >= 4 is 32.0 Å². The van der Waals surface area contributed by atoms with Gasteiger partial charge in [0.05, 0.1) is 20.4 Å². The summed E-state index contributed by atoms with van der Waals surface area (Å²) in [4.78, 5) is 10.6. The summed E-state index contributed by atoms with van der Waals surface area (Å²) in [5, 5.41) is 2.27. The fraction of sp³-hybridized carbons (Fsp3) is 0.188. The van der Waals surface area contributed by atoms with E-state index >= 15 is 0 Å². The average molecular weight is 382 g/mol. The molecule has 1 amide bonds. The van der Waals surface area contributed by atoms with Crippen molar-refractivity contribution < 1.29 is 21.6 Å². The predicted octanol–water partition coefficient (Wildman–Crippen LogP) is 1.65. The lowest BCUT2D eigenvalue weighted by atomic mass is 10.2. The molecule has 0 fully saturated rings. The zero-order chi connectivity index (χ0) is 18.8. The van der Waals surface area contributed by atoms with E-state index in [0.717, 1.165) is 15.9 Å². The third-order valence-electron chi connectivity index (χ3n) is 3.56. The molecule has 0 aliphatic rings. The molecule has 2 aromatic rings. The van der Waals surface area contributed by atoms with Crippen LogP contribution in [0.3, 0.4) is 0 Å². The van der Waals surface area contributed by atoms with E-state index in [-0.39, 0.29) is 20.4 Å². The third kappa shape index (κ3) is 3.73. The molecule has 0 bridgehead atoms. The fourth-order valence-corrected chi connectivity index (χ4v) is 4.47. The van der Waals surface area contributed by atoms with Crippen LogP contribution in [0.2, 0.25) is 0 Å². The molecular formula is C16H18N2O5S2. The molecule has 0 saturated carbocycles. The smallest absolute Gasteiger partial charge is 0.242 e. The maximum Gasteiger partial charge on any atom is 0.242 e. The summed E-state index contributed by atoms with van der Waals surface area (Å²) < 4.78 is 51.1. The Bertz CT molecular complexity index is 995. The molecule has 0 spiro atoms. The molecule has 0 heterocycles. The molecule has 0 unspecified atom stereocenters. The highest BCUT2D eigenvalue weighted by Crippen LogP contribution is 2.30. The van der Waals surface area contributed by atoms with E-state index in [9.17, 15) is 21.6 Å². The molecule has 0 aliphatic heterocycles. The summed E-state index contributed by atoms with van der Waals surface area (Å²) in [5.74, 6) is 0. The number of hydrogen-bond donors (Lipinski definition) is 1. The highest BCUT2D eigenvalue weighted by Gasteiger charge is 2.25. The summed E-state index contributed by atoms with van der Waals surface area (Å²) in [5.41, 5.74) is 0.802. The first kappa shape index (κ1) is 19.1. The first-order chi connectivity index (χ1) is 11.6. The molecule has 0 saturated heterocycles. The molecule has 0 aromatic heterocycles. The molecule has 2 rings (SSSR count). The topological polar surface area (TPSA) is 101 Å². The first-order valence-corrected chi connectivity index (χ1v) is 10.1. The Morgan fingerprint density at radius 1 is 0.920 bits per heavy atom. The SMILES string of the molecule is Cc1ccc(S(=O)(=O)c2ccc(S(=O)(=O)N(C)C)cc2NC=O)cc1. The van der Waals surface area contributed by atoms with Crippen molar-refractivity contribution in [1.29, 1.82) is 0 Å². The van der Waals surface area contributed by atoms with Crippen LogP contribution in [-0.4, -0.2) is 41.6 Å². The number of carbonyl (C=O) groups is 1. The van der Waals surface area contributed by atoms with Gasteiger partial charge in [-0.25, -0.2) is 21.1 Å². The van der Waals surface area contributed by atoms with Gasteiger partial charge in [-0.05, 0) is 37.3 Å². The molecular weight excluding hydrogens is 364 g/mol. The Morgan fingerprint density at radius 2 is 1.48 bits per heavy atom. The van der Waals surface area contributed by atoms with Crippen LogP contribution in [-0.2, 0) is 24.7 Å². The van der Waals surface area contributed by atoms with Crippen molar-refractivity contribution in [1.82, 2.24) is 4.31 Å². The van der Waals surface area contributed by atoms with Gasteiger partial charge in [-0.1, -0.05) is 17.7 Å². The van der Waals surface area contributed by atoms with Crippen LogP contribution in [0.4, 0.5) is 5.69 Å². The van der Waals surface area contributed by atoms with E-state index in [1.807, 2.05) is 6.92 Å². The Balaban J connectivity index is 2.65. The van der Waals surface area contributed by atoms with Crippen molar-refractivity contribution in [2.24, 2.45) is 0 Å². The highest BCUT2D eigenvalue weighted by molar-refractivity contribution is 7.91. The van der Waals surface area contributed by atoms with Gasteiger partial charge in [0.2, 0.25) is 26.3 Å². The zero-order valence-corrected chi connectivity index (χ0v) is 15.6. The lowest BCUT2D eigenvalue weighted by molar-refractivity contribution is -0.105. The Kier molecular flexibility index (Phi) is 5.31. The van der Waals surface area contributed by atoms with Gasteiger partial charge in [-0.2, -0.15) is 0 Å². The largest absolute Gasteiger partial charge is 0.328 e. The summed E-state index contributed by atoms with van der Waals surface area (Å²) >= 11 is 0. The molecule has 0 aliphatic carbocycles. The number of carbonyl (C=O) groups excluding carboxylic acids is 1. The van der Waals surface area contributed by atoms with Crippen LogP contribution >= 0.6 is 0 Å². The lowest BCUT2D eigenvalue weighted by Gasteiger charge is -2.15. The second-order valence-electron chi connectivity index (χ2n) is 5.52. The monoisotopic (exact) mass is 382 g/mol. The van der Waals surface area contributed by atoms with E-state index < -0.39 is 19.9 Å². The van der Waals surface area contributed by atoms with Crippen molar-refractivity contribution in [2.75, 3.05) is 19.4 Å². The molecule has 25 heavy (non-hydrogen) atoms. The Hall–Kier alpha value is -2.23. The van der Waals surface area contributed by atoms with Crippen molar-refractivity contribution in [3.8, 4) is 0 Å².